The lowest BCUT2D eigenvalue weighted by Gasteiger charge is -2.33. The van der Waals surface area contributed by atoms with E-state index in [0.717, 1.165) is 64.1 Å². The number of hydrogen-bond acceptors (Lipinski definition) is 4. The van der Waals surface area contributed by atoms with Crippen LogP contribution in [0.3, 0.4) is 0 Å². The minimum atomic E-state index is -4.48. The second-order valence-corrected chi connectivity index (χ2v) is 10.7. The predicted molar refractivity (Wildman–Crippen MR) is 145 cm³/mol. The Balaban J connectivity index is 1.16. The van der Waals surface area contributed by atoms with Gasteiger partial charge < -0.3 is 20.7 Å². The van der Waals surface area contributed by atoms with Crippen molar-refractivity contribution >= 4 is 17.3 Å². The molecule has 0 unspecified atom stereocenters. The summed E-state index contributed by atoms with van der Waals surface area (Å²) in [5.74, 6) is 0.538. The van der Waals surface area contributed by atoms with Crippen LogP contribution in [0.25, 0.3) is 0 Å². The number of ether oxygens (including phenoxy) is 1. The number of nitrogens with two attached hydrogens (primary N) is 1. The first-order valence-corrected chi connectivity index (χ1v) is 13.9. The van der Waals surface area contributed by atoms with Gasteiger partial charge in [-0.05, 0) is 86.6 Å². The molecule has 1 aliphatic carbocycles. The van der Waals surface area contributed by atoms with Gasteiger partial charge in [0, 0.05) is 30.5 Å². The first kappa shape index (κ1) is 28.3. The van der Waals surface area contributed by atoms with Gasteiger partial charge in [0.1, 0.15) is 6.61 Å². The number of nitrogens with zero attached hydrogens (tertiary/aromatic N) is 1. The number of piperidine rings is 1. The topological polar surface area (TPSA) is 67.6 Å². The number of nitrogen functional groups attached to an aromatic ring is 1. The van der Waals surface area contributed by atoms with Crippen molar-refractivity contribution in [3.8, 4) is 0 Å². The smallest absolute Gasteiger partial charge is 0.398 e. The lowest BCUT2D eigenvalue weighted by Crippen LogP contribution is -2.41. The summed E-state index contributed by atoms with van der Waals surface area (Å²) in [5.41, 5.74) is 7.59. The lowest BCUT2D eigenvalue weighted by molar-refractivity contribution is -0.140. The normalized spacial score (nSPS) is 20.9. The van der Waals surface area contributed by atoms with Crippen LogP contribution in [0.15, 0.2) is 42.5 Å². The van der Waals surface area contributed by atoms with Crippen molar-refractivity contribution in [2.24, 2.45) is 0 Å². The van der Waals surface area contributed by atoms with Gasteiger partial charge in [-0.2, -0.15) is 13.2 Å². The molecule has 2 aliphatic rings. The van der Waals surface area contributed by atoms with Crippen molar-refractivity contribution in [2.45, 2.75) is 89.0 Å². The molecule has 0 atom stereocenters. The van der Waals surface area contributed by atoms with Crippen LogP contribution in [-0.2, 0) is 22.1 Å². The number of likely N-dealkylation sites (tertiary alicyclic amines) is 1. The molecule has 8 heteroatoms. The third-order valence-corrected chi connectivity index (χ3v) is 7.96. The summed E-state index contributed by atoms with van der Waals surface area (Å²) in [7, 11) is 0. The van der Waals surface area contributed by atoms with E-state index >= 15 is 0 Å². The van der Waals surface area contributed by atoms with Gasteiger partial charge in [-0.25, -0.2) is 0 Å². The van der Waals surface area contributed by atoms with Crippen LogP contribution in [-0.4, -0.2) is 42.6 Å². The summed E-state index contributed by atoms with van der Waals surface area (Å²) < 4.78 is 45.3. The molecular weight excluding hydrogens is 491 g/mol. The van der Waals surface area contributed by atoms with Crippen LogP contribution in [0.5, 0.6) is 0 Å². The van der Waals surface area contributed by atoms with E-state index in [9.17, 15) is 18.0 Å². The molecule has 2 aromatic carbocycles. The van der Waals surface area contributed by atoms with E-state index in [1.54, 1.807) is 6.07 Å². The molecule has 1 saturated heterocycles. The standard InChI is InChI=1S/C30H40F3N3O2/c1-2-3-4-21-5-7-22(8-6-21)23-15-17-36(18-16-23)29(37)20-38-26-12-9-24(10-13-26)35-25-11-14-28(34)27(19-25)30(31,32)33/h5-8,11,14,19,23-24,26,35H,2-4,9-10,12-13,15-18,20,34H2,1H3. The van der Waals surface area contributed by atoms with Gasteiger partial charge in [0.2, 0.25) is 5.91 Å². The zero-order chi connectivity index (χ0) is 27.1. The molecule has 38 heavy (non-hydrogen) atoms. The maximum Gasteiger partial charge on any atom is 0.418 e. The monoisotopic (exact) mass is 531 g/mol. The van der Waals surface area contributed by atoms with Crippen molar-refractivity contribution in [2.75, 3.05) is 30.7 Å². The van der Waals surface area contributed by atoms with Gasteiger partial charge in [0.15, 0.2) is 0 Å². The van der Waals surface area contributed by atoms with Gasteiger partial charge in [-0.3, -0.25) is 4.79 Å². The van der Waals surface area contributed by atoms with E-state index in [4.69, 9.17) is 10.5 Å². The number of halogens is 3. The molecule has 0 aromatic heterocycles. The highest BCUT2D eigenvalue weighted by Crippen LogP contribution is 2.36. The first-order chi connectivity index (χ1) is 18.2. The number of rotatable bonds is 9. The van der Waals surface area contributed by atoms with Crippen molar-refractivity contribution < 1.29 is 22.7 Å². The van der Waals surface area contributed by atoms with E-state index in [1.165, 1.54) is 30.0 Å². The summed E-state index contributed by atoms with van der Waals surface area (Å²) in [4.78, 5) is 14.7. The molecule has 5 nitrogen and oxygen atoms in total. The molecule has 208 valence electrons. The number of unbranched alkanes of at least 4 members (excludes halogenated alkanes) is 1. The fraction of sp³-hybridized carbons (Fsp3) is 0.567. The zero-order valence-corrected chi connectivity index (χ0v) is 22.2. The Morgan fingerprint density at radius 3 is 2.34 bits per heavy atom. The number of carbonyl (C=O) groups excluding carboxylic acids is 1. The summed E-state index contributed by atoms with van der Waals surface area (Å²) in [6, 6.07) is 13.0. The number of carbonyl (C=O) groups is 1. The van der Waals surface area contributed by atoms with E-state index in [1.807, 2.05) is 4.90 Å². The maximum absolute atomic E-state index is 13.1. The van der Waals surface area contributed by atoms with Gasteiger partial charge in [-0.1, -0.05) is 37.6 Å². The second kappa shape index (κ2) is 12.9. The molecular formula is C30H40F3N3O2. The molecule has 1 saturated carbocycles. The summed E-state index contributed by atoms with van der Waals surface area (Å²) >= 11 is 0. The Labute approximate surface area is 223 Å². The largest absolute Gasteiger partial charge is 0.418 e. The van der Waals surface area contributed by atoms with Gasteiger partial charge in [0.25, 0.3) is 0 Å². The Bertz CT molecular complexity index is 1040. The Hall–Kier alpha value is -2.74. The molecule has 3 N–H and O–H groups in total. The number of nitrogens with one attached hydrogen (secondary N) is 1. The molecule has 1 heterocycles. The van der Waals surface area contributed by atoms with E-state index < -0.39 is 11.7 Å². The van der Waals surface area contributed by atoms with E-state index in [0.29, 0.717) is 11.6 Å². The van der Waals surface area contributed by atoms with Gasteiger partial charge >= 0.3 is 6.18 Å². The summed E-state index contributed by atoms with van der Waals surface area (Å²) in [6.45, 7) is 3.81. The Kier molecular flexibility index (Phi) is 9.58. The fourth-order valence-electron chi connectivity index (χ4n) is 5.58. The minimum Gasteiger partial charge on any atom is -0.398 e. The lowest BCUT2D eigenvalue weighted by atomic mass is 9.88. The van der Waals surface area contributed by atoms with Crippen LogP contribution in [0.1, 0.15) is 80.9 Å². The molecule has 0 spiro atoms. The van der Waals surface area contributed by atoms with Crippen molar-refractivity contribution in [3.63, 3.8) is 0 Å². The molecule has 1 amide bonds. The first-order valence-electron chi connectivity index (χ1n) is 13.9. The summed E-state index contributed by atoms with van der Waals surface area (Å²) in [6.07, 6.45) is 4.09. The number of alkyl halides is 3. The molecule has 4 rings (SSSR count). The maximum atomic E-state index is 13.1. The van der Waals surface area contributed by atoms with Crippen LogP contribution >= 0.6 is 0 Å². The Morgan fingerprint density at radius 1 is 1.03 bits per heavy atom. The highest BCUT2D eigenvalue weighted by atomic mass is 19.4. The Morgan fingerprint density at radius 2 is 1.71 bits per heavy atom. The quantitative estimate of drug-likeness (QED) is 0.350. The minimum absolute atomic E-state index is 0.00193. The number of hydrogen-bond donors (Lipinski definition) is 2. The van der Waals surface area contributed by atoms with Crippen molar-refractivity contribution in [1.29, 1.82) is 0 Å². The number of benzene rings is 2. The molecule has 2 aromatic rings. The van der Waals surface area contributed by atoms with E-state index in [-0.39, 0.29) is 30.3 Å². The fourth-order valence-corrected chi connectivity index (χ4v) is 5.58. The second-order valence-electron chi connectivity index (χ2n) is 10.7. The van der Waals surface area contributed by atoms with Crippen LogP contribution in [0.2, 0.25) is 0 Å². The third kappa shape index (κ3) is 7.65. The highest BCUT2D eigenvalue weighted by Gasteiger charge is 2.33. The van der Waals surface area contributed by atoms with Crippen molar-refractivity contribution in [3.05, 3.63) is 59.2 Å². The van der Waals surface area contributed by atoms with Crippen LogP contribution < -0.4 is 11.1 Å². The molecule has 2 fully saturated rings. The van der Waals surface area contributed by atoms with E-state index in [2.05, 4.69) is 36.5 Å². The molecule has 0 radical (unpaired) electrons. The van der Waals surface area contributed by atoms with Crippen LogP contribution in [0, 0.1) is 0 Å². The van der Waals surface area contributed by atoms with Crippen molar-refractivity contribution in [1.82, 2.24) is 4.90 Å². The number of aryl methyl sites for hydroxylation is 1. The van der Waals surface area contributed by atoms with Crippen LogP contribution in [0.4, 0.5) is 24.5 Å². The van der Waals surface area contributed by atoms with Gasteiger partial charge in [0.05, 0.1) is 11.7 Å². The number of amides is 1. The molecule has 0 bridgehead atoms. The summed E-state index contributed by atoms with van der Waals surface area (Å²) in [5, 5.41) is 3.20. The predicted octanol–water partition coefficient (Wildman–Crippen LogP) is 6.78. The molecule has 1 aliphatic heterocycles. The number of anilines is 2. The van der Waals surface area contributed by atoms with Gasteiger partial charge in [-0.15, -0.1) is 0 Å². The SMILES string of the molecule is CCCCc1ccc(C2CCN(C(=O)COC3CCC(Nc4ccc(N)c(C(F)(F)F)c4)CC3)CC2)cc1. The third-order valence-electron chi connectivity index (χ3n) is 7.96. The average molecular weight is 532 g/mol. The highest BCUT2D eigenvalue weighted by molar-refractivity contribution is 5.77. The zero-order valence-electron chi connectivity index (χ0n) is 22.2. The average Bonchev–Trinajstić information content (AvgIpc) is 2.92.